The van der Waals surface area contributed by atoms with Crippen molar-refractivity contribution in [3.63, 3.8) is 0 Å². The Kier molecular flexibility index (Phi) is 5.18. The van der Waals surface area contributed by atoms with Crippen LogP contribution in [-0.2, 0) is 0 Å². The summed E-state index contributed by atoms with van der Waals surface area (Å²) in [5.74, 6) is 0. The second-order valence-electron chi connectivity index (χ2n) is 3.34. The molecule has 1 heterocycles. The van der Waals surface area contributed by atoms with Crippen LogP contribution in [0.5, 0.6) is 0 Å². The van der Waals surface area contributed by atoms with E-state index in [1.807, 2.05) is 12.1 Å². The molecule has 0 aliphatic rings. The van der Waals surface area contributed by atoms with Gasteiger partial charge >= 0.3 is 0 Å². The highest BCUT2D eigenvalue weighted by Gasteiger charge is 2.16. The molecule has 0 amide bonds. The lowest BCUT2D eigenvalue weighted by Gasteiger charge is -2.09. The Balaban J connectivity index is 2.39. The lowest BCUT2D eigenvalue weighted by atomic mass is 10.1. The minimum atomic E-state index is 0.144. The van der Waals surface area contributed by atoms with Crippen molar-refractivity contribution < 1.29 is 0 Å². The third-order valence-corrected chi connectivity index (χ3v) is 6.87. The fraction of sp³-hybridized carbons (Fsp3) is 0.0909. The van der Waals surface area contributed by atoms with E-state index < -0.39 is 0 Å². The van der Waals surface area contributed by atoms with Crippen molar-refractivity contribution in [2.24, 2.45) is 0 Å². The number of hydrogen-bond donors (Lipinski definition) is 0. The van der Waals surface area contributed by atoms with Gasteiger partial charge in [-0.2, -0.15) is 0 Å². The van der Waals surface area contributed by atoms with Crippen LogP contribution in [0.25, 0.3) is 0 Å². The topological polar surface area (TPSA) is 0 Å². The maximum Gasteiger partial charge on any atom is 0.0887 e. The minimum Gasteiger partial charge on any atom is -0.130 e. The Labute approximate surface area is 142 Å². The van der Waals surface area contributed by atoms with Gasteiger partial charge in [-0.25, -0.2) is 0 Å². The molecule has 1 unspecified atom stereocenters. The highest BCUT2D eigenvalue weighted by Crippen LogP contribution is 2.42. The first-order chi connectivity index (χ1) is 7.97. The van der Waals surface area contributed by atoms with Gasteiger partial charge in [0, 0.05) is 13.8 Å². The van der Waals surface area contributed by atoms with E-state index in [0.29, 0.717) is 0 Å². The summed E-state index contributed by atoms with van der Waals surface area (Å²) < 4.78 is 3.06. The van der Waals surface area contributed by atoms with E-state index in [4.69, 9.17) is 11.6 Å². The molecule has 6 heteroatoms. The number of hydrogen-bond acceptors (Lipinski definition) is 1. The summed E-state index contributed by atoms with van der Waals surface area (Å²) in [4.78, 5) is 1.32. The van der Waals surface area contributed by atoms with Crippen LogP contribution in [0.15, 0.2) is 37.0 Å². The smallest absolute Gasteiger partial charge is 0.0887 e. The summed E-state index contributed by atoms with van der Waals surface area (Å²) in [5, 5.41) is 0.753. The standard InChI is InChI=1S/C11H5Br4ClS/c12-6-1-5(2-7(13)3-6)10(14)9-4-8(16)11(15)17-9/h1-4,10H. The van der Waals surface area contributed by atoms with Crippen LogP contribution < -0.4 is 0 Å². The van der Waals surface area contributed by atoms with Gasteiger partial charge in [-0.3, -0.25) is 0 Å². The molecule has 2 rings (SSSR count). The predicted octanol–water partition coefficient (Wildman–Crippen LogP) is 7.17. The lowest BCUT2D eigenvalue weighted by molar-refractivity contribution is 1.21. The first-order valence-corrected chi connectivity index (χ1v) is 9.01. The Bertz CT molecular complexity index is 513. The summed E-state index contributed by atoms with van der Waals surface area (Å²) in [5.41, 5.74) is 1.18. The van der Waals surface area contributed by atoms with E-state index in [0.717, 1.165) is 17.8 Å². The zero-order valence-electron chi connectivity index (χ0n) is 8.18. The quantitative estimate of drug-likeness (QED) is 0.366. The third-order valence-electron chi connectivity index (χ3n) is 2.09. The molecule has 0 radical (unpaired) electrons. The second-order valence-corrected chi connectivity index (χ2v) is 8.89. The van der Waals surface area contributed by atoms with Crippen LogP contribution in [0, 0.1) is 0 Å². The highest BCUT2D eigenvalue weighted by atomic mass is 79.9. The fourth-order valence-electron chi connectivity index (χ4n) is 1.37. The molecule has 1 atom stereocenters. The Hall–Kier alpha value is 1.13. The first kappa shape index (κ1) is 14.5. The summed E-state index contributed by atoms with van der Waals surface area (Å²) in [6.07, 6.45) is 0. The highest BCUT2D eigenvalue weighted by molar-refractivity contribution is 9.11. The molecular formula is C11H5Br4ClS. The van der Waals surface area contributed by atoms with Crippen molar-refractivity contribution in [1.29, 1.82) is 0 Å². The van der Waals surface area contributed by atoms with E-state index in [2.05, 4.69) is 75.9 Å². The maximum atomic E-state index is 6.05. The van der Waals surface area contributed by atoms with Crippen molar-refractivity contribution >= 4 is 86.7 Å². The van der Waals surface area contributed by atoms with E-state index in [1.54, 1.807) is 11.3 Å². The molecule has 0 N–H and O–H groups in total. The third kappa shape index (κ3) is 3.57. The average molecular weight is 524 g/mol. The first-order valence-electron chi connectivity index (χ1n) is 4.52. The monoisotopic (exact) mass is 520 g/mol. The van der Waals surface area contributed by atoms with Crippen LogP contribution in [-0.4, -0.2) is 0 Å². The fourth-order valence-corrected chi connectivity index (χ4v) is 5.13. The molecule has 1 aromatic heterocycles. The van der Waals surface area contributed by atoms with Crippen LogP contribution in [0.1, 0.15) is 15.3 Å². The number of thiophene rings is 1. The van der Waals surface area contributed by atoms with Crippen molar-refractivity contribution in [2.75, 3.05) is 0 Å². The van der Waals surface area contributed by atoms with E-state index in [-0.39, 0.29) is 4.83 Å². The molecule has 0 aliphatic carbocycles. The summed E-state index contributed by atoms with van der Waals surface area (Å²) in [7, 11) is 0. The van der Waals surface area contributed by atoms with Crippen molar-refractivity contribution in [1.82, 2.24) is 0 Å². The number of benzene rings is 1. The Morgan fingerprint density at radius 1 is 1.00 bits per heavy atom. The molecule has 0 nitrogen and oxygen atoms in total. The molecular weight excluding hydrogens is 519 g/mol. The molecule has 17 heavy (non-hydrogen) atoms. The summed E-state index contributed by atoms with van der Waals surface area (Å²) >= 11 is 21.8. The molecule has 1 aromatic carbocycles. The van der Waals surface area contributed by atoms with Crippen LogP contribution in [0.3, 0.4) is 0 Å². The predicted molar refractivity (Wildman–Crippen MR) is 89.6 cm³/mol. The van der Waals surface area contributed by atoms with Crippen molar-refractivity contribution in [3.8, 4) is 0 Å². The summed E-state index contributed by atoms with van der Waals surface area (Å²) in [6.45, 7) is 0. The second kappa shape index (κ2) is 6.06. The van der Waals surface area contributed by atoms with Crippen molar-refractivity contribution in [3.05, 3.63) is 52.5 Å². The van der Waals surface area contributed by atoms with E-state index in [1.165, 1.54) is 10.4 Å². The number of rotatable bonds is 2. The Morgan fingerprint density at radius 3 is 2.06 bits per heavy atom. The van der Waals surface area contributed by atoms with Gasteiger partial charge in [0.05, 0.1) is 13.6 Å². The zero-order chi connectivity index (χ0) is 12.6. The zero-order valence-corrected chi connectivity index (χ0v) is 16.1. The molecule has 0 aliphatic heterocycles. The van der Waals surface area contributed by atoms with Gasteiger partial charge in [0.15, 0.2) is 0 Å². The van der Waals surface area contributed by atoms with Gasteiger partial charge in [-0.1, -0.05) is 59.4 Å². The van der Waals surface area contributed by atoms with Gasteiger partial charge in [-0.15, -0.1) is 11.3 Å². The van der Waals surface area contributed by atoms with Gasteiger partial charge in [-0.05, 0) is 45.8 Å². The van der Waals surface area contributed by atoms with Gasteiger partial charge in [0.25, 0.3) is 0 Å². The minimum absolute atomic E-state index is 0.144. The normalized spacial score (nSPS) is 12.8. The van der Waals surface area contributed by atoms with Crippen molar-refractivity contribution in [2.45, 2.75) is 4.83 Å². The van der Waals surface area contributed by atoms with Crippen LogP contribution in [0.2, 0.25) is 5.02 Å². The molecule has 0 fully saturated rings. The van der Waals surface area contributed by atoms with Crippen LogP contribution in [0.4, 0.5) is 0 Å². The van der Waals surface area contributed by atoms with Gasteiger partial charge in [0.2, 0.25) is 0 Å². The molecule has 0 saturated heterocycles. The van der Waals surface area contributed by atoms with E-state index >= 15 is 0 Å². The molecule has 0 spiro atoms. The number of halogens is 5. The van der Waals surface area contributed by atoms with Gasteiger partial charge < -0.3 is 0 Å². The molecule has 2 aromatic rings. The Morgan fingerprint density at radius 2 is 1.59 bits per heavy atom. The molecule has 90 valence electrons. The largest absolute Gasteiger partial charge is 0.130 e. The molecule has 0 bridgehead atoms. The molecule has 0 saturated carbocycles. The van der Waals surface area contributed by atoms with Crippen LogP contribution >= 0.6 is 86.7 Å². The maximum absolute atomic E-state index is 6.05. The van der Waals surface area contributed by atoms with E-state index in [9.17, 15) is 0 Å². The summed E-state index contributed by atoms with van der Waals surface area (Å²) in [6, 6.07) is 8.17. The van der Waals surface area contributed by atoms with Gasteiger partial charge in [0.1, 0.15) is 0 Å². The SMILES string of the molecule is Clc1cc(C(Br)c2cc(Br)cc(Br)c2)sc1Br. The lowest BCUT2D eigenvalue weighted by Crippen LogP contribution is -1.89. The number of alkyl halides is 1. The average Bonchev–Trinajstić information content (AvgIpc) is 2.57.